The van der Waals surface area contributed by atoms with Crippen molar-refractivity contribution in [2.75, 3.05) is 5.75 Å². The summed E-state index contributed by atoms with van der Waals surface area (Å²) in [5.41, 5.74) is 1.60. The van der Waals surface area contributed by atoms with Crippen LogP contribution in [-0.2, 0) is 15.6 Å². The molecule has 0 aliphatic heterocycles. The number of hydrogen-bond donors (Lipinski definition) is 0. The van der Waals surface area contributed by atoms with Gasteiger partial charge in [-0.25, -0.2) is 12.8 Å². The molecule has 0 bridgehead atoms. The van der Waals surface area contributed by atoms with E-state index in [0.717, 1.165) is 11.6 Å². The van der Waals surface area contributed by atoms with Crippen LogP contribution in [0.4, 0.5) is 4.39 Å². The van der Waals surface area contributed by atoms with Crippen LogP contribution < -0.4 is 0 Å². The predicted molar refractivity (Wildman–Crippen MR) is 79.4 cm³/mol. The molecule has 3 nitrogen and oxygen atoms in total. The second-order valence-electron chi connectivity index (χ2n) is 4.89. The first-order valence-electron chi connectivity index (χ1n) is 6.41. The largest absolute Gasteiger partial charge is 0.293 e. The quantitative estimate of drug-likeness (QED) is 0.798. The minimum absolute atomic E-state index is 0.0726. The number of ketones is 1. The zero-order valence-electron chi connectivity index (χ0n) is 11.5. The SMILES string of the molecule is Cc1ccccc1CS(=O)(=O)CC(=O)c1cccc(F)c1. The fraction of sp³-hybridized carbons (Fsp3) is 0.188. The van der Waals surface area contributed by atoms with Crippen molar-refractivity contribution in [3.05, 3.63) is 71.0 Å². The molecule has 0 unspecified atom stereocenters. The first-order valence-corrected chi connectivity index (χ1v) is 8.23. The summed E-state index contributed by atoms with van der Waals surface area (Å²) in [6.07, 6.45) is 0. The molecule has 0 spiro atoms. The second kappa shape index (κ2) is 6.18. The molecule has 0 saturated carbocycles. The molecule has 0 N–H and O–H groups in total. The number of sulfone groups is 1. The lowest BCUT2D eigenvalue weighted by Crippen LogP contribution is -2.18. The first kappa shape index (κ1) is 15.4. The van der Waals surface area contributed by atoms with Crippen LogP contribution in [0, 0.1) is 12.7 Å². The third-order valence-electron chi connectivity index (χ3n) is 3.13. The molecule has 0 radical (unpaired) electrons. The van der Waals surface area contributed by atoms with E-state index in [1.807, 2.05) is 19.1 Å². The minimum Gasteiger partial charge on any atom is -0.293 e. The van der Waals surface area contributed by atoms with Crippen molar-refractivity contribution in [3.63, 3.8) is 0 Å². The highest BCUT2D eigenvalue weighted by Crippen LogP contribution is 2.13. The fourth-order valence-corrected chi connectivity index (χ4v) is 3.47. The molecule has 0 fully saturated rings. The molecule has 21 heavy (non-hydrogen) atoms. The monoisotopic (exact) mass is 306 g/mol. The molecule has 0 saturated heterocycles. The predicted octanol–water partition coefficient (Wildman–Crippen LogP) is 2.93. The van der Waals surface area contributed by atoms with Gasteiger partial charge in [0.05, 0.1) is 5.75 Å². The van der Waals surface area contributed by atoms with Crippen molar-refractivity contribution < 1.29 is 17.6 Å². The average molecular weight is 306 g/mol. The Morgan fingerprint density at radius 2 is 1.81 bits per heavy atom. The molecule has 5 heteroatoms. The van der Waals surface area contributed by atoms with Crippen LogP contribution in [0.3, 0.4) is 0 Å². The molecule has 110 valence electrons. The lowest BCUT2D eigenvalue weighted by molar-refractivity contribution is 0.102. The van der Waals surface area contributed by atoms with Gasteiger partial charge in [-0.2, -0.15) is 0 Å². The lowest BCUT2D eigenvalue weighted by Gasteiger charge is -2.07. The first-order chi connectivity index (χ1) is 9.87. The van der Waals surface area contributed by atoms with E-state index in [-0.39, 0.29) is 11.3 Å². The van der Waals surface area contributed by atoms with Gasteiger partial charge in [-0.05, 0) is 30.2 Å². The van der Waals surface area contributed by atoms with E-state index < -0.39 is 27.2 Å². The van der Waals surface area contributed by atoms with Crippen LogP contribution in [0.2, 0.25) is 0 Å². The summed E-state index contributed by atoms with van der Waals surface area (Å²) in [6, 6.07) is 12.2. The highest BCUT2D eigenvalue weighted by molar-refractivity contribution is 7.91. The van der Waals surface area contributed by atoms with E-state index >= 15 is 0 Å². The Labute approximate surface area is 123 Å². The van der Waals surface area contributed by atoms with Gasteiger partial charge in [0.1, 0.15) is 11.6 Å². The molecule has 0 heterocycles. The molecule has 0 atom stereocenters. The molecule has 2 rings (SSSR count). The Morgan fingerprint density at radius 1 is 1.10 bits per heavy atom. The lowest BCUT2D eigenvalue weighted by atomic mass is 10.1. The van der Waals surface area contributed by atoms with Crippen molar-refractivity contribution in [1.29, 1.82) is 0 Å². The van der Waals surface area contributed by atoms with Crippen molar-refractivity contribution in [1.82, 2.24) is 0 Å². The summed E-state index contributed by atoms with van der Waals surface area (Å²) in [6.45, 7) is 1.82. The van der Waals surface area contributed by atoms with Crippen molar-refractivity contribution >= 4 is 15.6 Å². The second-order valence-corrected chi connectivity index (χ2v) is 6.96. The van der Waals surface area contributed by atoms with Crippen molar-refractivity contribution in [2.24, 2.45) is 0 Å². The van der Waals surface area contributed by atoms with Gasteiger partial charge in [0.2, 0.25) is 0 Å². The van der Waals surface area contributed by atoms with Gasteiger partial charge in [0.25, 0.3) is 0 Å². The molecule has 2 aromatic carbocycles. The number of carbonyl (C=O) groups is 1. The zero-order valence-corrected chi connectivity index (χ0v) is 12.4. The summed E-state index contributed by atoms with van der Waals surface area (Å²) >= 11 is 0. The van der Waals surface area contributed by atoms with E-state index in [4.69, 9.17) is 0 Å². The van der Waals surface area contributed by atoms with Gasteiger partial charge in [-0.1, -0.05) is 36.4 Å². The van der Waals surface area contributed by atoms with Crippen LogP contribution in [-0.4, -0.2) is 20.0 Å². The molecule has 0 aliphatic carbocycles. The van der Waals surface area contributed by atoms with Crippen LogP contribution >= 0.6 is 0 Å². The molecule has 0 aliphatic rings. The van der Waals surface area contributed by atoms with Crippen molar-refractivity contribution in [2.45, 2.75) is 12.7 Å². The summed E-state index contributed by atoms with van der Waals surface area (Å²) in [4.78, 5) is 11.9. The third-order valence-corrected chi connectivity index (χ3v) is 4.59. The van der Waals surface area contributed by atoms with Gasteiger partial charge >= 0.3 is 0 Å². The maximum Gasteiger partial charge on any atom is 0.177 e. The summed E-state index contributed by atoms with van der Waals surface area (Å²) in [7, 11) is -3.59. The number of aryl methyl sites for hydroxylation is 1. The Balaban J connectivity index is 2.15. The molecular formula is C16H15FO3S. The molecule has 2 aromatic rings. The zero-order chi connectivity index (χ0) is 15.5. The van der Waals surface area contributed by atoms with E-state index in [1.54, 1.807) is 12.1 Å². The Morgan fingerprint density at radius 3 is 2.48 bits per heavy atom. The van der Waals surface area contributed by atoms with Crippen molar-refractivity contribution in [3.8, 4) is 0 Å². The summed E-state index contributed by atoms with van der Waals surface area (Å²) in [5.74, 6) is -1.97. The van der Waals surface area contributed by atoms with Gasteiger partial charge in [-0.3, -0.25) is 4.79 Å². The Bertz CT molecular complexity index is 767. The average Bonchev–Trinajstić information content (AvgIpc) is 2.40. The normalized spacial score (nSPS) is 11.3. The van der Waals surface area contributed by atoms with E-state index in [2.05, 4.69) is 0 Å². The Kier molecular flexibility index (Phi) is 4.53. The molecule has 0 aromatic heterocycles. The van der Waals surface area contributed by atoms with Crippen LogP contribution in [0.25, 0.3) is 0 Å². The third kappa shape index (κ3) is 4.23. The topological polar surface area (TPSA) is 51.2 Å². The van der Waals surface area contributed by atoms with E-state index in [0.29, 0.717) is 5.56 Å². The van der Waals surface area contributed by atoms with Gasteiger partial charge in [0, 0.05) is 5.56 Å². The fourth-order valence-electron chi connectivity index (χ4n) is 2.00. The Hall–Kier alpha value is -2.01. The van der Waals surface area contributed by atoms with E-state index in [1.165, 1.54) is 18.2 Å². The van der Waals surface area contributed by atoms with Crippen LogP contribution in [0.15, 0.2) is 48.5 Å². The highest BCUT2D eigenvalue weighted by atomic mass is 32.2. The summed E-state index contributed by atoms with van der Waals surface area (Å²) < 4.78 is 37.3. The molecule has 0 amide bonds. The van der Waals surface area contributed by atoms with Crippen LogP contribution in [0.5, 0.6) is 0 Å². The van der Waals surface area contributed by atoms with Gasteiger partial charge < -0.3 is 0 Å². The number of rotatable bonds is 5. The van der Waals surface area contributed by atoms with E-state index in [9.17, 15) is 17.6 Å². The summed E-state index contributed by atoms with van der Waals surface area (Å²) in [5, 5.41) is 0. The maximum absolute atomic E-state index is 13.1. The number of Topliss-reactive ketones (excluding diaryl/α,β-unsaturated/α-hetero) is 1. The molecular weight excluding hydrogens is 291 g/mol. The number of halogens is 1. The number of hydrogen-bond acceptors (Lipinski definition) is 3. The van der Waals surface area contributed by atoms with Gasteiger partial charge in [0.15, 0.2) is 15.6 Å². The number of carbonyl (C=O) groups excluding carboxylic acids is 1. The smallest absolute Gasteiger partial charge is 0.177 e. The minimum atomic E-state index is -3.59. The number of benzene rings is 2. The maximum atomic E-state index is 13.1. The standard InChI is InChI=1S/C16H15FO3S/c1-12-5-2-3-6-14(12)10-21(19,20)11-16(18)13-7-4-8-15(17)9-13/h2-9H,10-11H2,1H3. The van der Waals surface area contributed by atoms with Gasteiger partial charge in [-0.15, -0.1) is 0 Å². The van der Waals surface area contributed by atoms with Crippen LogP contribution in [0.1, 0.15) is 21.5 Å². The highest BCUT2D eigenvalue weighted by Gasteiger charge is 2.19.